The van der Waals surface area contributed by atoms with Crippen LogP contribution in [0.1, 0.15) is 39.4 Å². The van der Waals surface area contributed by atoms with Crippen LogP contribution in [0, 0.1) is 0 Å². The maximum absolute atomic E-state index is 5.89. The van der Waals surface area contributed by atoms with Crippen LogP contribution in [0.5, 0.6) is 5.88 Å². The zero-order valence-electron chi connectivity index (χ0n) is 10.7. The third kappa shape index (κ3) is 5.33. The molecule has 0 N–H and O–H groups in total. The van der Waals surface area contributed by atoms with Crippen LogP contribution in [-0.2, 0) is 4.74 Å². The monoisotopic (exact) mass is 258 g/mol. The zero-order chi connectivity index (χ0) is 12.8. The second-order valence-corrected chi connectivity index (χ2v) is 4.70. The second kappa shape index (κ2) is 6.77. The molecule has 96 valence electrons. The normalized spacial score (nSPS) is 11.2. The van der Waals surface area contributed by atoms with Crippen molar-refractivity contribution in [1.82, 2.24) is 9.97 Å². The van der Waals surface area contributed by atoms with Crippen molar-refractivity contribution in [3.05, 3.63) is 17.0 Å². The van der Waals surface area contributed by atoms with E-state index in [1.165, 1.54) is 0 Å². The predicted molar refractivity (Wildman–Crippen MR) is 67.7 cm³/mol. The van der Waals surface area contributed by atoms with Gasteiger partial charge in [-0.2, -0.15) is 4.98 Å². The summed E-state index contributed by atoms with van der Waals surface area (Å²) in [5, 5.41) is 0.406. The highest BCUT2D eigenvalue weighted by atomic mass is 35.5. The van der Waals surface area contributed by atoms with E-state index in [1.54, 1.807) is 6.07 Å². The second-order valence-electron chi connectivity index (χ2n) is 4.31. The van der Waals surface area contributed by atoms with Crippen molar-refractivity contribution in [2.24, 2.45) is 0 Å². The van der Waals surface area contributed by atoms with Gasteiger partial charge < -0.3 is 9.47 Å². The molecule has 0 bridgehead atoms. The van der Waals surface area contributed by atoms with E-state index >= 15 is 0 Å². The van der Waals surface area contributed by atoms with Crippen LogP contribution in [-0.4, -0.2) is 29.3 Å². The van der Waals surface area contributed by atoms with Crippen molar-refractivity contribution in [3.63, 3.8) is 0 Å². The van der Waals surface area contributed by atoms with Gasteiger partial charge in [-0.1, -0.05) is 25.4 Å². The van der Waals surface area contributed by atoms with E-state index in [1.807, 2.05) is 27.7 Å². The Kier molecular flexibility index (Phi) is 5.65. The van der Waals surface area contributed by atoms with Gasteiger partial charge in [-0.25, -0.2) is 4.98 Å². The molecule has 17 heavy (non-hydrogen) atoms. The Bertz CT molecular complexity index is 356. The van der Waals surface area contributed by atoms with E-state index in [0.29, 0.717) is 30.1 Å². The minimum Gasteiger partial charge on any atom is -0.475 e. The molecule has 5 heteroatoms. The van der Waals surface area contributed by atoms with Gasteiger partial charge in [-0.3, -0.25) is 0 Å². The number of halogens is 1. The molecule has 0 aliphatic carbocycles. The Labute approximate surface area is 107 Å². The van der Waals surface area contributed by atoms with Gasteiger partial charge in [0.15, 0.2) is 0 Å². The number of hydrogen-bond acceptors (Lipinski definition) is 4. The maximum atomic E-state index is 5.89. The fraction of sp³-hybridized carbons (Fsp3) is 0.667. The summed E-state index contributed by atoms with van der Waals surface area (Å²) in [6.45, 7) is 8.99. The highest BCUT2D eigenvalue weighted by Crippen LogP contribution is 2.18. The molecule has 0 fully saturated rings. The van der Waals surface area contributed by atoms with Crippen molar-refractivity contribution >= 4 is 11.6 Å². The summed E-state index contributed by atoms with van der Waals surface area (Å²) in [6, 6.07) is 1.61. The Morgan fingerprint density at radius 1 is 1.18 bits per heavy atom. The van der Waals surface area contributed by atoms with E-state index < -0.39 is 0 Å². The molecule has 0 aliphatic rings. The van der Waals surface area contributed by atoms with Crippen molar-refractivity contribution in [2.45, 2.75) is 39.7 Å². The minimum absolute atomic E-state index is 0.207. The molecule has 0 aliphatic heterocycles. The molecule has 1 heterocycles. The Morgan fingerprint density at radius 2 is 1.88 bits per heavy atom. The lowest BCUT2D eigenvalue weighted by molar-refractivity contribution is 0.0541. The number of nitrogens with zero attached hydrogens (tertiary/aromatic N) is 2. The highest BCUT2D eigenvalue weighted by Gasteiger charge is 2.07. The smallest absolute Gasteiger partial charge is 0.218 e. The van der Waals surface area contributed by atoms with Crippen molar-refractivity contribution in [3.8, 4) is 5.88 Å². The van der Waals surface area contributed by atoms with Gasteiger partial charge in [0, 0.05) is 12.0 Å². The highest BCUT2D eigenvalue weighted by molar-refractivity contribution is 6.29. The quantitative estimate of drug-likeness (QED) is 0.581. The first-order valence-electron chi connectivity index (χ1n) is 5.78. The van der Waals surface area contributed by atoms with Crippen molar-refractivity contribution in [2.75, 3.05) is 13.2 Å². The molecule has 0 saturated carbocycles. The Balaban J connectivity index is 2.53. The van der Waals surface area contributed by atoms with Gasteiger partial charge in [0.25, 0.3) is 0 Å². The molecule has 0 spiro atoms. The molecule has 0 unspecified atom stereocenters. The molecule has 1 aromatic rings. The first-order valence-corrected chi connectivity index (χ1v) is 6.15. The largest absolute Gasteiger partial charge is 0.475 e. The summed E-state index contributed by atoms with van der Waals surface area (Å²) < 4.78 is 10.8. The summed E-state index contributed by atoms with van der Waals surface area (Å²) in [5.74, 6) is 1.42. The van der Waals surface area contributed by atoms with Crippen LogP contribution < -0.4 is 4.74 Å². The Hall–Kier alpha value is -0.870. The van der Waals surface area contributed by atoms with Gasteiger partial charge >= 0.3 is 0 Å². The van der Waals surface area contributed by atoms with Gasteiger partial charge in [0.1, 0.15) is 17.6 Å². The molecule has 4 nitrogen and oxygen atoms in total. The summed E-state index contributed by atoms with van der Waals surface area (Å²) in [6.07, 6.45) is 0.207. The Morgan fingerprint density at radius 3 is 2.47 bits per heavy atom. The van der Waals surface area contributed by atoms with E-state index in [4.69, 9.17) is 21.1 Å². The van der Waals surface area contributed by atoms with E-state index in [9.17, 15) is 0 Å². The topological polar surface area (TPSA) is 44.2 Å². The molecule has 0 amide bonds. The predicted octanol–water partition coefficient (Wildman–Crippen LogP) is 3.06. The molecule has 0 aromatic carbocycles. The number of rotatable bonds is 6. The summed E-state index contributed by atoms with van der Waals surface area (Å²) in [5.41, 5.74) is 0. The van der Waals surface area contributed by atoms with Gasteiger partial charge in [0.2, 0.25) is 5.88 Å². The van der Waals surface area contributed by atoms with Crippen LogP contribution >= 0.6 is 11.6 Å². The summed E-state index contributed by atoms with van der Waals surface area (Å²) in [7, 11) is 0. The SMILES string of the molecule is CC(C)OCCOc1cc(Cl)nc(C(C)C)n1. The number of aromatic nitrogens is 2. The number of hydrogen-bond donors (Lipinski definition) is 0. The van der Waals surface area contributed by atoms with Crippen LogP contribution in [0.15, 0.2) is 6.07 Å². The lowest BCUT2D eigenvalue weighted by Gasteiger charge is -2.10. The molecule has 1 rings (SSSR count). The third-order valence-corrected chi connectivity index (χ3v) is 2.18. The average molecular weight is 259 g/mol. The van der Waals surface area contributed by atoms with E-state index in [0.717, 1.165) is 0 Å². The third-order valence-electron chi connectivity index (χ3n) is 1.99. The lowest BCUT2D eigenvalue weighted by Crippen LogP contribution is -2.12. The first-order chi connectivity index (χ1) is 7.99. The molecule has 0 radical (unpaired) electrons. The fourth-order valence-electron chi connectivity index (χ4n) is 1.18. The van der Waals surface area contributed by atoms with Crippen molar-refractivity contribution < 1.29 is 9.47 Å². The van der Waals surface area contributed by atoms with Gasteiger partial charge in [0.05, 0.1) is 12.7 Å². The van der Waals surface area contributed by atoms with Crippen LogP contribution in [0.25, 0.3) is 0 Å². The standard InChI is InChI=1S/C12H19ClN2O2/c1-8(2)12-14-10(13)7-11(15-12)17-6-5-16-9(3)4/h7-9H,5-6H2,1-4H3. The average Bonchev–Trinajstić information content (AvgIpc) is 2.23. The fourth-order valence-corrected chi connectivity index (χ4v) is 1.36. The van der Waals surface area contributed by atoms with Crippen LogP contribution in [0.3, 0.4) is 0 Å². The molecule has 1 aromatic heterocycles. The zero-order valence-corrected chi connectivity index (χ0v) is 11.5. The first kappa shape index (κ1) is 14.2. The number of ether oxygens (including phenoxy) is 2. The van der Waals surface area contributed by atoms with Crippen molar-refractivity contribution in [1.29, 1.82) is 0 Å². The molecule has 0 atom stereocenters. The van der Waals surface area contributed by atoms with Crippen LogP contribution in [0.2, 0.25) is 5.15 Å². The summed E-state index contributed by atoms with van der Waals surface area (Å²) in [4.78, 5) is 8.41. The van der Waals surface area contributed by atoms with Gasteiger partial charge in [-0.05, 0) is 13.8 Å². The summed E-state index contributed by atoms with van der Waals surface area (Å²) >= 11 is 5.89. The van der Waals surface area contributed by atoms with E-state index in [2.05, 4.69) is 9.97 Å². The molecular formula is C12H19ClN2O2. The van der Waals surface area contributed by atoms with Crippen LogP contribution in [0.4, 0.5) is 0 Å². The minimum atomic E-state index is 0.207. The maximum Gasteiger partial charge on any atom is 0.218 e. The van der Waals surface area contributed by atoms with E-state index in [-0.39, 0.29) is 12.0 Å². The van der Waals surface area contributed by atoms with Gasteiger partial charge in [-0.15, -0.1) is 0 Å². The molecule has 0 saturated heterocycles. The lowest BCUT2D eigenvalue weighted by atomic mass is 10.2. The molecular weight excluding hydrogens is 240 g/mol.